The van der Waals surface area contributed by atoms with Gasteiger partial charge in [-0.3, -0.25) is 4.79 Å². The topological polar surface area (TPSA) is 58.1 Å². The largest absolute Gasteiger partial charge is 0.360 e. The third kappa shape index (κ3) is 2.69. The van der Waals surface area contributed by atoms with Gasteiger partial charge in [-0.1, -0.05) is 18.3 Å². The van der Waals surface area contributed by atoms with Gasteiger partial charge in [-0.05, 0) is 12.8 Å². The van der Waals surface area contributed by atoms with Gasteiger partial charge in [0.2, 0.25) is 11.0 Å². The number of rotatable bonds is 5. The lowest BCUT2D eigenvalue weighted by atomic mass is 10.4. The van der Waals surface area contributed by atoms with Crippen molar-refractivity contribution >= 4 is 22.4 Å². The van der Waals surface area contributed by atoms with E-state index in [1.165, 1.54) is 11.3 Å². The van der Waals surface area contributed by atoms with Crippen molar-refractivity contribution in [3.8, 4) is 0 Å². The van der Waals surface area contributed by atoms with Gasteiger partial charge >= 0.3 is 0 Å². The minimum Gasteiger partial charge on any atom is -0.360 e. The number of hydrogen-bond acceptors (Lipinski definition) is 5. The summed E-state index contributed by atoms with van der Waals surface area (Å²) in [5.74, 6) is 0.235. The van der Waals surface area contributed by atoms with Crippen molar-refractivity contribution in [3.63, 3.8) is 0 Å². The average molecular weight is 240 g/mol. The second-order valence-corrected chi connectivity index (χ2v) is 4.91. The molecule has 5 nitrogen and oxygen atoms in total. The molecule has 1 aliphatic rings. The number of amides is 1. The molecule has 0 bridgehead atoms. The molecule has 6 heteroatoms. The first kappa shape index (κ1) is 11.3. The Bertz CT molecular complexity index is 365. The van der Waals surface area contributed by atoms with Crippen LogP contribution in [0.15, 0.2) is 0 Å². The summed E-state index contributed by atoms with van der Waals surface area (Å²) >= 11 is 1.53. The summed E-state index contributed by atoms with van der Waals surface area (Å²) in [6.07, 6.45) is 2.72. The van der Waals surface area contributed by atoms with Gasteiger partial charge in [0.15, 0.2) is 0 Å². The van der Waals surface area contributed by atoms with Crippen molar-refractivity contribution in [1.29, 1.82) is 0 Å². The van der Waals surface area contributed by atoms with E-state index in [2.05, 4.69) is 22.4 Å². The van der Waals surface area contributed by atoms with Crippen LogP contribution in [0.3, 0.4) is 0 Å². The minimum atomic E-state index is 0.235. The molecule has 1 fully saturated rings. The standard InChI is InChI=1S/C10H16N4OS/c1-2-5-11-10-13-12-8(16-10)7-14-6-3-4-9(14)15/h2-7H2,1H3,(H,11,13). The van der Waals surface area contributed by atoms with Crippen LogP contribution >= 0.6 is 11.3 Å². The number of carbonyl (C=O) groups excluding carboxylic acids is 1. The van der Waals surface area contributed by atoms with Crippen molar-refractivity contribution in [2.24, 2.45) is 0 Å². The van der Waals surface area contributed by atoms with Crippen LogP contribution in [0.4, 0.5) is 5.13 Å². The van der Waals surface area contributed by atoms with E-state index in [1.54, 1.807) is 0 Å². The zero-order valence-electron chi connectivity index (χ0n) is 9.40. The molecule has 0 aliphatic carbocycles. The lowest BCUT2D eigenvalue weighted by molar-refractivity contribution is -0.128. The molecule has 88 valence electrons. The van der Waals surface area contributed by atoms with E-state index in [-0.39, 0.29) is 5.91 Å². The van der Waals surface area contributed by atoms with Gasteiger partial charge in [0.25, 0.3) is 0 Å². The monoisotopic (exact) mass is 240 g/mol. The lowest BCUT2D eigenvalue weighted by Crippen LogP contribution is -2.23. The number of nitrogens with zero attached hydrogens (tertiary/aromatic N) is 3. The molecule has 1 aromatic rings. The first-order valence-corrected chi connectivity index (χ1v) is 6.45. The highest BCUT2D eigenvalue weighted by Gasteiger charge is 2.21. The van der Waals surface area contributed by atoms with E-state index in [4.69, 9.17) is 0 Å². The van der Waals surface area contributed by atoms with E-state index in [0.717, 1.165) is 36.1 Å². The second kappa shape index (κ2) is 5.25. The van der Waals surface area contributed by atoms with Crippen molar-refractivity contribution < 1.29 is 4.79 Å². The molecule has 0 spiro atoms. The number of likely N-dealkylation sites (tertiary alicyclic amines) is 1. The Morgan fingerprint density at radius 1 is 1.50 bits per heavy atom. The molecule has 1 aromatic heterocycles. The van der Waals surface area contributed by atoms with Crippen LogP contribution in [0.1, 0.15) is 31.2 Å². The maximum absolute atomic E-state index is 11.4. The Kier molecular flexibility index (Phi) is 3.71. The minimum absolute atomic E-state index is 0.235. The summed E-state index contributed by atoms with van der Waals surface area (Å²) in [6, 6.07) is 0. The Hall–Kier alpha value is -1.17. The van der Waals surface area contributed by atoms with Gasteiger partial charge in [-0.2, -0.15) is 0 Å². The van der Waals surface area contributed by atoms with Crippen molar-refractivity contribution in [3.05, 3.63) is 5.01 Å². The first-order valence-electron chi connectivity index (χ1n) is 5.63. The molecule has 0 unspecified atom stereocenters. The molecule has 2 heterocycles. The smallest absolute Gasteiger partial charge is 0.223 e. The zero-order chi connectivity index (χ0) is 11.4. The fourth-order valence-corrected chi connectivity index (χ4v) is 2.44. The molecule has 1 amide bonds. The maximum atomic E-state index is 11.4. The van der Waals surface area contributed by atoms with Gasteiger partial charge in [0.1, 0.15) is 5.01 Å². The zero-order valence-corrected chi connectivity index (χ0v) is 10.2. The van der Waals surface area contributed by atoms with E-state index in [1.807, 2.05) is 4.90 Å². The fraction of sp³-hybridized carbons (Fsp3) is 0.700. The summed E-state index contributed by atoms with van der Waals surface area (Å²) in [5.41, 5.74) is 0. The summed E-state index contributed by atoms with van der Waals surface area (Å²) in [7, 11) is 0. The molecule has 1 N–H and O–H groups in total. The number of aromatic nitrogens is 2. The van der Waals surface area contributed by atoms with Crippen LogP contribution in [0.5, 0.6) is 0 Å². The van der Waals surface area contributed by atoms with Crippen LogP contribution in [-0.4, -0.2) is 34.1 Å². The molecular formula is C10H16N4OS. The van der Waals surface area contributed by atoms with E-state index >= 15 is 0 Å². The summed E-state index contributed by atoms with van der Waals surface area (Å²) in [4.78, 5) is 13.3. The van der Waals surface area contributed by atoms with E-state index < -0.39 is 0 Å². The van der Waals surface area contributed by atoms with Crippen molar-refractivity contribution in [1.82, 2.24) is 15.1 Å². The second-order valence-electron chi connectivity index (χ2n) is 3.85. The van der Waals surface area contributed by atoms with E-state index in [9.17, 15) is 4.79 Å². The molecule has 0 radical (unpaired) electrons. The lowest BCUT2D eigenvalue weighted by Gasteiger charge is -2.12. The van der Waals surface area contributed by atoms with Crippen LogP contribution in [-0.2, 0) is 11.3 Å². The summed E-state index contributed by atoms with van der Waals surface area (Å²) < 4.78 is 0. The molecule has 2 rings (SSSR count). The number of carbonyl (C=O) groups is 1. The average Bonchev–Trinajstić information content (AvgIpc) is 2.87. The molecule has 0 atom stereocenters. The van der Waals surface area contributed by atoms with Gasteiger partial charge in [0.05, 0.1) is 6.54 Å². The Labute approximate surface area is 98.9 Å². The Morgan fingerprint density at radius 3 is 3.06 bits per heavy atom. The van der Waals surface area contributed by atoms with Crippen molar-refractivity contribution in [2.75, 3.05) is 18.4 Å². The quantitative estimate of drug-likeness (QED) is 0.847. The molecule has 16 heavy (non-hydrogen) atoms. The predicted octanol–water partition coefficient (Wildman–Crippen LogP) is 1.48. The summed E-state index contributed by atoms with van der Waals surface area (Å²) in [5, 5.41) is 13.1. The normalized spacial score (nSPS) is 15.8. The number of anilines is 1. The SMILES string of the molecule is CCCNc1nnc(CN2CCCC2=O)s1. The Morgan fingerprint density at radius 2 is 2.38 bits per heavy atom. The predicted molar refractivity (Wildman–Crippen MR) is 63.3 cm³/mol. The maximum Gasteiger partial charge on any atom is 0.223 e. The van der Waals surface area contributed by atoms with E-state index in [0.29, 0.717) is 13.0 Å². The van der Waals surface area contributed by atoms with Crippen LogP contribution in [0.2, 0.25) is 0 Å². The summed E-state index contributed by atoms with van der Waals surface area (Å²) in [6.45, 7) is 4.50. The number of nitrogens with one attached hydrogen (secondary N) is 1. The van der Waals surface area contributed by atoms with Gasteiger partial charge in [0, 0.05) is 19.5 Å². The van der Waals surface area contributed by atoms with Gasteiger partial charge in [-0.25, -0.2) is 0 Å². The van der Waals surface area contributed by atoms with Crippen LogP contribution in [0.25, 0.3) is 0 Å². The number of hydrogen-bond donors (Lipinski definition) is 1. The highest BCUT2D eigenvalue weighted by molar-refractivity contribution is 7.15. The molecule has 1 aliphatic heterocycles. The van der Waals surface area contributed by atoms with Crippen molar-refractivity contribution in [2.45, 2.75) is 32.7 Å². The third-order valence-electron chi connectivity index (χ3n) is 2.49. The molecule has 0 aromatic carbocycles. The highest BCUT2D eigenvalue weighted by Crippen LogP contribution is 2.19. The first-order chi connectivity index (χ1) is 7.79. The third-order valence-corrected chi connectivity index (χ3v) is 3.36. The van der Waals surface area contributed by atoms with Gasteiger partial charge < -0.3 is 10.2 Å². The van der Waals surface area contributed by atoms with Gasteiger partial charge in [-0.15, -0.1) is 10.2 Å². The van der Waals surface area contributed by atoms with Crippen LogP contribution in [0, 0.1) is 0 Å². The molecule has 0 saturated carbocycles. The Balaban J connectivity index is 1.89. The molecular weight excluding hydrogens is 224 g/mol. The molecule has 1 saturated heterocycles. The highest BCUT2D eigenvalue weighted by atomic mass is 32.1. The van der Waals surface area contributed by atoms with Crippen LogP contribution < -0.4 is 5.32 Å². The fourth-order valence-electron chi connectivity index (χ4n) is 1.66.